The lowest BCUT2D eigenvalue weighted by Gasteiger charge is -2.26. The second-order valence-electron chi connectivity index (χ2n) is 7.33. The number of benzene rings is 1. The topological polar surface area (TPSA) is 68.5 Å². The minimum Gasteiger partial charge on any atom is -0.444 e. The van der Waals surface area contributed by atoms with Gasteiger partial charge in [0, 0.05) is 17.7 Å². The molecule has 0 unspecified atom stereocenters. The van der Waals surface area contributed by atoms with Crippen molar-refractivity contribution in [2.24, 2.45) is 0 Å². The molecule has 2 heterocycles. The van der Waals surface area contributed by atoms with E-state index in [0.717, 1.165) is 24.0 Å². The minimum absolute atomic E-state index is 0.248. The molecule has 0 bridgehead atoms. The van der Waals surface area contributed by atoms with Crippen molar-refractivity contribution in [1.29, 1.82) is 0 Å². The van der Waals surface area contributed by atoms with E-state index < -0.39 is 5.60 Å². The van der Waals surface area contributed by atoms with Gasteiger partial charge in [-0.05, 0) is 57.9 Å². The van der Waals surface area contributed by atoms with E-state index in [0.29, 0.717) is 24.0 Å². The van der Waals surface area contributed by atoms with Crippen molar-refractivity contribution in [1.82, 2.24) is 15.0 Å². The summed E-state index contributed by atoms with van der Waals surface area (Å²) in [6, 6.07) is 7.37. The average Bonchev–Trinajstić information content (AvgIpc) is 3.27. The van der Waals surface area contributed by atoms with Gasteiger partial charge in [0.05, 0.1) is 5.75 Å². The monoisotopic (exact) mass is 385 g/mol. The van der Waals surface area contributed by atoms with Gasteiger partial charge in [0.2, 0.25) is 11.7 Å². The molecule has 1 amide bonds. The van der Waals surface area contributed by atoms with Crippen molar-refractivity contribution in [2.45, 2.75) is 45.3 Å². The van der Waals surface area contributed by atoms with Gasteiger partial charge < -0.3 is 9.26 Å². The average molecular weight is 385 g/mol. The maximum Gasteiger partial charge on any atom is 0.410 e. The third-order valence-corrected chi connectivity index (χ3v) is 4.22. The highest BCUT2D eigenvalue weighted by atomic mass is 32.1. The minimum atomic E-state index is -0.540. The predicted octanol–water partition coefficient (Wildman–Crippen LogP) is 4.09. The largest absolute Gasteiger partial charge is 0.444 e. The highest BCUT2D eigenvalue weighted by Gasteiger charge is 2.36. The number of ether oxygens (including phenoxy) is 1. The first-order valence-electron chi connectivity index (χ1n) is 8.91. The van der Waals surface area contributed by atoms with E-state index in [4.69, 9.17) is 9.26 Å². The van der Waals surface area contributed by atoms with E-state index in [1.54, 1.807) is 4.90 Å². The number of thiol groups is 1. The molecule has 0 spiro atoms. The summed E-state index contributed by atoms with van der Waals surface area (Å²) >= 11 is 4.08. The van der Waals surface area contributed by atoms with E-state index in [-0.39, 0.29) is 12.1 Å². The normalized spacial score (nSPS) is 16.7. The van der Waals surface area contributed by atoms with Gasteiger partial charge in [0.1, 0.15) is 11.6 Å². The first-order chi connectivity index (χ1) is 12.9. The second kappa shape index (κ2) is 8.05. The van der Waals surface area contributed by atoms with Crippen molar-refractivity contribution >= 4 is 18.7 Å². The quantitative estimate of drug-likeness (QED) is 0.623. The van der Waals surface area contributed by atoms with Crippen LogP contribution in [0.15, 0.2) is 28.8 Å². The number of aromatic nitrogens is 2. The molecule has 1 aliphatic rings. The SMILES string of the molecule is CC(C)(C)OC(=O)N1CCC[C@H]1c1nc(-c2ccc(C#CCS)cc2)no1. The maximum absolute atomic E-state index is 12.4. The molecule has 142 valence electrons. The van der Waals surface area contributed by atoms with Crippen LogP contribution in [-0.4, -0.2) is 39.0 Å². The molecule has 0 saturated carbocycles. The molecule has 1 atom stereocenters. The Hall–Kier alpha value is -2.46. The molecule has 1 aromatic heterocycles. The molecule has 2 aromatic rings. The van der Waals surface area contributed by atoms with Crippen molar-refractivity contribution < 1.29 is 14.1 Å². The summed E-state index contributed by atoms with van der Waals surface area (Å²) in [5, 5.41) is 4.08. The van der Waals surface area contributed by atoms with E-state index in [1.165, 1.54) is 0 Å². The Morgan fingerprint density at radius 3 is 2.78 bits per heavy atom. The lowest BCUT2D eigenvalue weighted by Crippen LogP contribution is -2.36. The Kier molecular flexibility index (Phi) is 5.76. The maximum atomic E-state index is 12.4. The van der Waals surface area contributed by atoms with Crippen LogP contribution < -0.4 is 0 Å². The second-order valence-corrected chi connectivity index (χ2v) is 7.64. The van der Waals surface area contributed by atoms with Crippen LogP contribution in [-0.2, 0) is 4.74 Å². The summed E-state index contributed by atoms with van der Waals surface area (Å²) < 4.78 is 10.9. The van der Waals surface area contributed by atoms with Crippen LogP contribution in [0.4, 0.5) is 4.79 Å². The molecule has 1 saturated heterocycles. The number of carbonyl (C=O) groups is 1. The number of nitrogens with zero attached hydrogens (tertiary/aromatic N) is 3. The van der Waals surface area contributed by atoms with Crippen LogP contribution in [0.5, 0.6) is 0 Å². The van der Waals surface area contributed by atoms with Gasteiger partial charge in [0.15, 0.2) is 0 Å². The Bertz CT molecular complexity index is 859. The fraction of sp³-hybridized carbons (Fsp3) is 0.450. The molecule has 0 N–H and O–H groups in total. The number of hydrogen-bond donors (Lipinski definition) is 1. The van der Waals surface area contributed by atoms with Crippen LogP contribution >= 0.6 is 12.6 Å². The highest BCUT2D eigenvalue weighted by molar-refractivity contribution is 7.80. The van der Waals surface area contributed by atoms with Crippen LogP contribution in [0, 0.1) is 11.8 Å². The number of likely N-dealkylation sites (tertiary alicyclic amines) is 1. The van der Waals surface area contributed by atoms with Gasteiger partial charge in [0.25, 0.3) is 0 Å². The lowest BCUT2D eigenvalue weighted by molar-refractivity contribution is 0.0199. The van der Waals surface area contributed by atoms with Crippen LogP contribution in [0.2, 0.25) is 0 Å². The molecule has 7 heteroatoms. The first-order valence-corrected chi connectivity index (χ1v) is 9.54. The molecule has 6 nitrogen and oxygen atoms in total. The van der Waals surface area contributed by atoms with Gasteiger partial charge in [-0.3, -0.25) is 4.90 Å². The summed E-state index contributed by atoms with van der Waals surface area (Å²) in [5.41, 5.74) is 1.20. The summed E-state index contributed by atoms with van der Waals surface area (Å²) in [6.45, 7) is 6.18. The fourth-order valence-electron chi connectivity index (χ4n) is 2.89. The molecule has 1 aliphatic heterocycles. The van der Waals surface area contributed by atoms with E-state index in [1.807, 2.05) is 45.0 Å². The number of amides is 1. The zero-order valence-electron chi connectivity index (χ0n) is 15.7. The molecule has 1 aromatic carbocycles. The number of rotatable bonds is 2. The molecule has 1 fully saturated rings. The zero-order chi connectivity index (χ0) is 19.4. The summed E-state index contributed by atoms with van der Waals surface area (Å²) in [6.07, 6.45) is 1.30. The Labute approximate surface area is 164 Å². The van der Waals surface area contributed by atoms with E-state index in [9.17, 15) is 4.79 Å². The summed E-state index contributed by atoms with van der Waals surface area (Å²) in [7, 11) is 0. The molecular weight excluding hydrogens is 362 g/mol. The van der Waals surface area contributed by atoms with Crippen LogP contribution in [0.3, 0.4) is 0 Å². The van der Waals surface area contributed by atoms with Gasteiger partial charge in [-0.25, -0.2) is 4.79 Å². The van der Waals surface area contributed by atoms with Crippen LogP contribution in [0.25, 0.3) is 11.4 Å². The summed E-state index contributed by atoms with van der Waals surface area (Å²) in [5.74, 6) is 7.37. The van der Waals surface area contributed by atoms with Gasteiger partial charge >= 0.3 is 6.09 Å². The summed E-state index contributed by atoms with van der Waals surface area (Å²) in [4.78, 5) is 18.6. The van der Waals surface area contributed by atoms with Gasteiger partial charge in [-0.15, -0.1) is 0 Å². The standard InChI is InChI=1S/C20H23N3O3S/c1-20(2,3)25-19(24)23-12-4-7-16(23)18-21-17(22-26-18)15-10-8-14(9-11-15)6-5-13-27/h8-11,16,27H,4,7,12-13H2,1-3H3/t16-/m0/s1. The molecular formula is C20H23N3O3S. The number of carbonyl (C=O) groups excluding carboxylic acids is 1. The van der Waals surface area contributed by atoms with Gasteiger partial charge in [-0.1, -0.05) is 17.0 Å². The third kappa shape index (κ3) is 4.83. The lowest BCUT2D eigenvalue weighted by atomic mass is 10.1. The van der Waals surface area contributed by atoms with E-state index in [2.05, 4.69) is 34.6 Å². The van der Waals surface area contributed by atoms with Crippen molar-refractivity contribution in [3.8, 4) is 23.2 Å². The number of hydrogen-bond acceptors (Lipinski definition) is 6. The predicted molar refractivity (Wildman–Crippen MR) is 105 cm³/mol. The van der Waals surface area contributed by atoms with Crippen molar-refractivity contribution in [2.75, 3.05) is 12.3 Å². The Morgan fingerprint density at radius 1 is 1.37 bits per heavy atom. The Balaban J connectivity index is 1.75. The first kappa shape index (κ1) is 19.3. The molecule has 0 aliphatic carbocycles. The Morgan fingerprint density at radius 2 is 2.11 bits per heavy atom. The third-order valence-electron chi connectivity index (χ3n) is 4.06. The molecule has 0 radical (unpaired) electrons. The fourth-order valence-corrected chi connectivity index (χ4v) is 2.97. The highest BCUT2D eigenvalue weighted by Crippen LogP contribution is 2.33. The smallest absolute Gasteiger partial charge is 0.410 e. The van der Waals surface area contributed by atoms with Crippen molar-refractivity contribution in [3.05, 3.63) is 35.7 Å². The van der Waals surface area contributed by atoms with Crippen LogP contribution in [0.1, 0.15) is 51.1 Å². The van der Waals surface area contributed by atoms with E-state index >= 15 is 0 Å². The molecule has 27 heavy (non-hydrogen) atoms. The zero-order valence-corrected chi connectivity index (χ0v) is 16.6. The van der Waals surface area contributed by atoms with Gasteiger partial charge in [-0.2, -0.15) is 17.6 Å². The molecule has 3 rings (SSSR count). The van der Waals surface area contributed by atoms with Crippen molar-refractivity contribution in [3.63, 3.8) is 0 Å².